The summed E-state index contributed by atoms with van der Waals surface area (Å²) in [6.45, 7) is 0. The molecule has 12 heteroatoms. The molecule has 1 N–H and O–H groups in total. The van der Waals surface area contributed by atoms with E-state index in [0.717, 1.165) is 30.0 Å². The smallest absolute Gasteiger partial charge is 0.311 e. The molecule has 0 spiro atoms. The van der Waals surface area contributed by atoms with Crippen LogP contribution in [-0.4, -0.2) is 26.4 Å². The average molecular weight is 519 g/mol. The number of ether oxygens (including phenoxy) is 1. The van der Waals surface area contributed by atoms with Gasteiger partial charge in [0.25, 0.3) is 5.91 Å². The molecule has 4 rings (SSSR count). The number of fused-ring (bicyclic) bond motifs is 1. The average Bonchev–Trinajstić information content (AvgIpc) is 2.81. The molecule has 0 saturated heterocycles. The molecule has 0 atom stereocenters. The van der Waals surface area contributed by atoms with E-state index < -0.39 is 43.6 Å². The lowest BCUT2D eigenvalue weighted by Crippen LogP contribution is -2.18. The van der Waals surface area contributed by atoms with Crippen molar-refractivity contribution in [2.45, 2.75) is 15.5 Å². The van der Waals surface area contributed by atoms with Crippen LogP contribution in [0, 0.1) is 21.7 Å². The largest absolute Gasteiger partial charge is 0.490 e. The van der Waals surface area contributed by atoms with Crippen molar-refractivity contribution in [3.8, 4) is 5.75 Å². The van der Waals surface area contributed by atoms with Gasteiger partial charge in [-0.15, -0.1) is 0 Å². The van der Waals surface area contributed by atoms with Crippen LogP contribution in [0.15, 0.2) is 69.3 Å². The highest BCUT2D eigenvalue weighted by atomic mass is 32.2. The second-order valence-corrected chi connectivity index (χ2v) is 10.4. The number of hydrogen-bond acceptors (Lipinski definition) is 7. The van der Waals surface area contributed by atoms with Crippen LogP contribution in [-0.2, 0) is 20.4 Å². The first kappa shape index (κ1) is 24.4. The van der Waals surface area contributed by atoms with Gasteiger partial charge in [0.05, 0.1) is 33.3 Å². The standard InChI is InChI=1S/C23H16F2N2O6S2/c1-33-20-7-5-13(9-19(20)27(29)30)10-22-23(28)26-18-11-14(6-8-21(18)34-22)35(31,32)12-15-16(24)3-2-4-17(15)25/h2-11H,12H2,1H3,(H,26,28). The van der Waals surface area contributed by atoms with Crippen LogP contribution in [0.3, 0.4) is 0 Å². The molecule has 0 unspecified atom stereocenters. The molecule has 0 radical (unpaired) electrons. The van der Waals surface area contributed by atoms with Crippen LogP contribution in [0.1, 0.15) is 11.1 Å². The predicted molar refractivity (Wildman–Crippen MR) is 126 cm³/mol. The van der Waals surface area contributed by atoms with Gasteiger partial charge < -0.3 is 10.1 Å². The van der Waals surface area contributed by atoms with Crippen molar-refractivity contribution in [1.82, 2.24) is 0 Å². The Bertz CT molecular complexity index is 1490. The lowest BCUT2D eigenvalue weighted by Gasteiger charge is -2.19. The Morgan fingerprint density at radius 3 is 2.49 bits per heavy atom. The quantitative estimate of drug-likeness (QED) is 0.279. The summed E-state index contributed by atoms with van der Waals surface area (Å²) in [5, 5.41) is 13.8. The molecule has 8 nitrogen and oxygen atoms in total. The van der Waals surface area contributed by atoms with Crippen LogP contribution in [0.4, 0.5) is 20.2 Å². The van der Waals surface area contributed by atoms with Crippen molar-refractivity contribution < 1.29 is 31.7 Å². The van der Waals surface area contributed by atoms with Crippen molar-refractivity contribution in [3.05, 3.63) is 92.4 Å². The summed E-state index contributed by atoms with van der Waals surface area (Å²) >= 11 is 1.05. The number of rotatable bonds is 6. The number of carbonyl (C=O) groups is 1. The number of nitrogens with zero attached hydrogens (tertiary/aromatic N) is 1. The van der Waals surface area contributed by atoms with E-state index in [1.165, 1.54) is 43.5 Å². The monoisotopic (exact) mass is 518 g/mol. The molecular formula is C23H16F2N2O6S2. The van der Waals surface area contributed by atoms with Gasteiger partial charge in [0.1, 0.15) is 11.6 Å². The van der Waals surface area contributed by atoms with E-state index in [2.05, 4.69) is 5.32 Å². The first-order chi connectivity index (χ1) is 16.6. The molecule has 1 aliphatic heterocycles. The summed E-state index contributed by atoms with van der Waals surface area (Å²) in [5.41, 5.74) is -0.218. The molecule has 3 aromatic rings. The fourth-order valence-corrected chi connectivity index (χ4v) is 5.69. The van der Waals surface area contributed by atoms with Gasteiger partial charge in [-0.1, -0.05) is 23.9 Å². The first-order valence-electron chi connectivity index (χ1n) is 9.92. The number of nitro groups is 1. The second-order valence-electron chi connectivity index (χ2n) is 7.37. The summed E-state index contributed by atoms with van der Waals surface area (Å²) in [5.74, 6) is -3.29. The number of thioether (sulfide) groups is 1. The van der Waals surface area contributed by atoms with E-state index in [1.54, 1.807) is 6.07 Å². The SMILES string of the molecule is COc1ccc(C=C2Sc3ccc(S(=O)(=O)Cc4c(F)cccc4F)cc3NC2=O)cc1[N+](=O)[O-]. The van der Waals surface area contributed by atoms with Crippen LogP contribution < -0.4 is 10.1 Å². The summed E-state index contributed by atoms with van der Waals surface area (Å²) < 4.78 is 58.4. The van der Waals surface area contributed by atoms with Gasteiger partial charge >= 0.3 is 5.69 Å². The number of benzene rings is 3. The van der Waals surface area contributed by atoms with E-state index in [0.29, 0.717) is 10.5 Å². The van der Waals surface area contributed by atoms with Crippen molar-refractivity contribution in [1.29, 1.82) is 0 Å². The highest BCUT2D eigenvalue weighted by molar-refractivity contribution is 8.04. The zero-order chi connectivity index (χ0) is 25.3. The Kier molecular flexibility index (Phi) is 6.59. The van der Waals surface area contributed by atoms with E-state index in [4.69, 9.17) is 4.74 Å². The third-order valence-corrected chi connectivity index (χ3v) is 7.84. The molecule has 0 bridgehead atoms. The number of halogens is 2. The molecule has 0 fully saturated rings. The topological polar surface area (TPSA) is 116 Å². The Balaban J connectivity index is 1.62. The van der Waals surface area contributed by atoms with Crippen molar-refractivity contribution in [2.24, 2.45) is 0 Å². The van der Waals surface area contributed by atoms with E-state index in [1.807, 2.05) is 0 Å². The molecule has 0 aromatic heterocycles. The van der Waals surface area contributed by atoms with Gasteiger partial charge in [-0.05, 0) is 48.0 Å². The van der Waals surface area contributed by atoms with Crippen LogP contribution >= 0.6 is 11.8 Å². The molecule has 35 heavy (non-hydrogen) atoms. The third-order valence-electron chi connectivity index (χ3n) is 5.10. The first-order valence-corrected chi connectivity index (χ1v) is 12.4. The summed E-state index contributed by atoms with van der Waals surface area (Å²) in [7, 11) is -2.81. The van der Waals surface area contributed by atoms with E-state index in [-0.39, 0.29) is 26.9 Å². The van der Waals surface area contributed by atoms with Crippen LogP contribution in [0.25, 0.3) is 6.08 Å². The minimum atomic E-state index is -4.12. The Hall–Kier alpha value is -3.77. The lowest BCUT2D eigenvalue weighted by atomic mass is 10.1. The zero-order valence-electron chi connectivity index (χ0n) is 17.9. The molecule has 3 aromatic carbocycles. The number of anilines is 1. The number of nitro benzene ring substituents is 1. The maximum Gasteiger partial charge on any atom is 0.311 e. The summed E-state index contributed by atoms with van der Waals surface area (Å²) in [6, 6.07) is 11.3. The molecule has 1 heterocycles. The van der Waals surface area contributed by atoms with Gasteiger partial charge in [0, 0.05) is 16.5 Å². The number of sulfone groups is 1. The number of carbonyl (C=O) groups excluding carboxylic acids is 1. The fourth-order valence-electron chi connectivity index (χ4n) is 3.37. The molecule has 180 valence electrons. The summed E-state index contributed by atoms with van der Waals surface area (Å²) in [6.07, 6.45) is 1.46. The Morgan fingerprint density at radius 1 is 1.11 bits per heavy atom. The van der Waals surface area contributed by atoms with E-state index >= 15 is 0 Å². The maximum atomic E-state index is 13.9. The minimum Gasteiger partial charge on any atom is -0.490 e. The fraction of sp³-hybridized carbons (Fsp3) is 0.0870. The maximum absolute atomic E-state index is 13.9. The van der Waals surface area contributed by atoms with Crippen molar-refractivity contribution in [2.75, 3.05) is 12.4 Å². The number of amides is 1. The Morgan fingerprint density at radius 2 is 1.83 bits per heavy atom. The highest BCUT2D eigenvalue weighted by Crippen LogP contribution is 2.41. The van der Waals surface area contributed by atoms with Gasteiger partial charge in [0.2, 0.25) is 0 Å². The van der Waals surface area contributed by atoms with Gasteiger partial charge in [-0.3, -0.25) is 14.9 Å². The molecule has 1 amide bonds. The number of nitrogens with one attached hydrogen (secondary N) is 1. The number of methoxy groups -OCH3 is 1. The second kappa shape index (κ2) is 9.47. The van der Waals surface area contributed by atoms with Crippen molar-refractivity contribution >= 4 is 45.0 Å². The summed E-state index contributed by atoms with van der Waals surface area (Å²) in [4.78, 5) is 23.8. The lowest BCUT2D eigenvalue weighted by molar-refractivity contribution is -0.385. The van der Waals surface area contributed by atoms with Gasteiger partial charge in [-0.2, -0.15) is 0 Å². The van der Waals surface area contributed by atoms with Crippen molar-refractivity contribution in [3.63, 3.8) is 0 Å². The zero-order valence-corrected chi connectivity index (χ0v) is 19.6. The molecule has 0 aliphatic carbocycles. The normalized spacial score (nSPS) is 14.4. The third kappa shape index (κ3) is 5.03. The molecule has 0 saturated carbocycles. The predicted octanol–water partition coefficient (Wildman–Crippen LogP) is 4.94. The highest BCUT2D eigenvalue weighted by Gasteiger charge is 2.26. The molecular weight excluding hydrogens is 502 g/mol. The van der Waals surface area contributed by atoms with Gasteiger partial charge in [-0.25, -0.2) is 17.2 Å². The molecule has 1 aliphatic rings. The minimum absolute atomic E-state index is 0.0762. The van der Waals surface area contributed by atoms with E-state index in [9.17, 15) is 32.1 Å². The van der Waals surface area contributed by atoms with Crippen LogP contribution in [0.5, 0.6) is 5.75 Å². The van der Waals surface area contributed by atoms with Crippen LogP contribution in [0.2, 0.25) is 0 Å². The van der Waals surface area contributed by atoms with Gasteiger partial charge in [0.15, 0.2) is 15.6 Å². The number of hydrogen-bond donors (Lipinski definition) is 1. The Labute approximate surface area is 202 Å².